The van der Waals surface area contributed by atoms with E-state index < -0.39 is 0 Å². The minimum Gasteiger partial charge on any atom is -0.493 e. The number of aliphatic imine (C=N–C) groups is 1. The highest BCUT2D eigenvalue weighted by molar-refractivity contribution is 14.1. The summed E-state index contributed by atoms with van der Waals surface area (Å²) < 4.78 is 12.0. The van der Waals surface area contributed by atoms with Crippen molar-refractivity contribution in [3.8, 4) is 11.5 Å². The molecule has 1 fully saturated rings. The number of hydrogen-bond donors (Lipinski definition) is 1. The Hall–Kier alpha value is -2.00. The van der Waals surface area contributed by atoms with Crippen LogP contribution >= 0.6 is 34.4 Å². The zero-order valence-corrected chi connectivity index (χ0v) is 19.8. The van der Waals surface area contributed by atoms with Crippen molar-refractivity contribution < 1.29 is 14.3 Å². The van der Waals surface area contributed by atoms with Crippen molar-refractivity contribution in [2.24, 2.45) is 4.99 Å². The van der Waals surface area contributed by atoms with Crippen molar-refractivity contribution >= 4 is 51.5 Å². The lowest BCUT2D eigenvalue weighted by Crippen LogP contribution is -2.19. The molecule has 2 aromatic rings. The van der Waals surface area contributed by atoms with Gasteiger partial charge in [-0.2, -0.15) is 0 Å². The monoisotopic (exact) mass is 522 g/mol. The average Bonchev–Trinajstić information content (AvgIpc) is 3.01. The Labute approximate surface area is 189 Å². The molecule has 7 heteroatoms. The van der Waals surface area contributed by atoms with Crippen LogP contribution in [0.5, 0.6) is 11.5 Å². The molecule has 29 heavy (non-hydrogen) atoms. The summed E-state index contributed by atoms with van der Waals surface area (Å²) in [7, 11) is 1.61. The van der Waals surface area contributed by atoms with E-state index in [9.17, 15) is 4.79 Å². The lowest BCUT2D eigenvalue weighted by Gasteiger charge is -2.12. The number of methoxy groups -OCH3 is 1. The number of benzene rings is 2. The molecule has 0 aromatic heterocycles. The first-order chi connectivity index (χ1) is 13.9. The molecular weight excluding hydrogens is 499 g/mol. The van der Waals surface area contributed by atoms with Crippen molar-refractivity contribution in [3.63, 3.8) is 0 Å². The second-order valence-electron chi connectivity index (χ2n) is 6.65. The van der Waals surface area contributed by atoms with Crippen LogP contribution in [0.25, 0.3) is 6.08 Å². The average molecular weight is 522 g/mol. The third-order valence-electron chi connectivity index (χ3n) is 4.18. The number of rotatable bonds is 6. The van der Waals surface area contributed by atoms with E-state index in [4.69, 9.17) is 9.47 Å². The molecule has 152 valence electrons. The van der Waals surface area contributed by atoms with Gasteiger partial charge in [0.25, 0.3) is 5.91 Å². The van der Waals surface area contributed by atoms with E-state index in [1.807, 2.05) is 25.1 Å². The molecule has 0 atom stereocenters. The molecule has 1 saturated heterocycles. The molecule has 2 aromatic carbocycles. The fraction of sp³-hybridized carbons (Fsp3) is 0.273. The molecular formula is C22H23IN2O3S. The van der Waals surface area contributed by atoms with Crippen LogP contribution in [0.1, 0.15) is 29.2 Å². The summed E-state index contributed by atoms with van der Waals surface area (Å²) in [6, 6.07) is 10.2. The highest BCUT2D eigenvalue weighted by Crippen LogP contribution is 2.36. The molecule has 1 heterocycles. The maximum Gasteiger partial charge on any atom is 0.264 e. The Morgan fingerprint density at radius 3 is 2.55 bits per heavy atom. The molecule has 1 aliphatic rings. The third-order valence-corrected chi connectivity index (χ3v) is 5.92. The number of halogens is 1. The molecule has 1 N–H and O–H groups in total. The molecule has 5 nitrogen and oxygen atoms in total. The van der Waals surface area contributed by atoms with Gasteiger partial charge in [0.15, 0.2) is 16.7 Å². The number of nitrogens with zero attached hydrogens (tertiary/aromatic N) is 1. The summed E-state index contributed by atoms with van der Waals surface area (Å²) in [6.45, 7) is 7.18. The molecule has 0 radical (unpaired) electrons. The number of aryl methyl sites for hydroxylation is 2. The minimum absolute atomic E-state index is 0.142. The van der Waals surface area contributed by atoms with Crippen LogP contribution in [0.3, 0.4) is 0 Å². The van der Waals surface area contributed by atoms with Crippen molar-refractivity contribution in [1.29, 1.82) is 0 Å². The lowest BCUT2D eigenvalue weighted by molar-refractivity contribution is -0.115. The zero-order valence-electron chi connectivity index (χ0n) is 16.8. The van der Waals surface area contributed by atoms with Crippen molar-refractivity contribution in [2.75, 3.05) is 13.7 Å². The van der Waals surface area contributed by atoms with Gasteiger partial charge >= 0.3 is 0 Å². The smallest absolute Gasteiger partial charge is 0.264 e. The Morgan fingerprint density at radius 2 is 1.90 bits per heavy atom. The Kier molecular flexibility index (Phi) is 7.23. The van der Waals surface area contributed by atoms with Crippen molar-refractivity contribution in [2.45, 2.75) is 27.3 Å². The summed E-state index contributed by atoms with van der Waals surface area (Å²) in [4.78, 5) is 17.5. The predicted octanol–water partition coefficient (Wildman–Crippen LogP) is 5.08. The normalized spacial score (nSPS) is 16.4. The molecule has 3 rings (SSSR count). The van der Waals surface area contributed by atoms with E-state index in [0.717, 1.165) is 20.4 Å². The lowest BCUT2D eigenvalue weighted by atomic mass is 10.1. The number of nitrogens with one attached hydrogen (secondary N) is 1. The molecule has 0 saturated carbocycles. The quantitative estimate of drug-likeness (QED) is 0.425. The highest BCUT2D eigenvalue weighted by Gasteiger charge is 2.24. The maximum absolute atomic E-state index is 12.4. The summed E-state index contributed by atoms with van der Waals surface area (Å²) in [6.07, 6.45) is 1.85. The second kappa shape index (κ2) is 9.67. The number of amides is 1. The van der Waals surface area contributed by atoms with Crippen LogP contribution in [0, 0.1) is 17.4 Å². The van der Waals surface area contributed by atoms with Gasteiger partial charge in [0.05, 0.1) is 28.7 Å². The van der Waals surface area contributed by atoms with E-state index in [0.29, 0.717) is 29.0 Å². The molecule has 0 bridgehead atoms. The minimum atomic E-state index is -0.142. The predicted molar refractivity (Wildman–Crippen MR) is 128 cm³/mol. The largest absolute Gasteiger partial charge is 0.493 e. The Balaban J connectivity index is 1.79. The van der Waals surface area contributed by atoms with Gasteiger partial charge in [0, 0.05) is 0 Å². The topological polar surface area (TPSA) is 59.9 Å². The van der Waals surface area contributed by atoms with E-state index in [1.165, 1.54) is 22.9 Å². The number of thioether (sulfide) groups is 1. The number of amidine groups is 1. The number of ether oxygens (including phenoxy) is 2. The van der Waals surface area contributed by atoms with E-state index in [-0.39, 0.29) is 5.91 Å². The van der Waals surface area contributed by atoms with Crippen molar-refractivity contribution in [3.05, 3.63) is 61.1 Å². The van der Waals surface area contributed by atoms with Gasteiger partial charge in [0.2, 0.25) is 0 Å². The Morgan fingerprint density at radius 1 is 1.17 bits per heavy atom. The highest BCUT2D eigenvalue weighted by atomic mass is 127. The summed E-state index contributed by atoms with van der Waals surface area (Å²) >= 11 is 3.56. The first kappa shape index (κ1) is 21.7. The molecule has 0 spiro atoms. The summed E-state index contributed by atoms with van der Waals surface area (Å²) in [5, 5.41) is 3.47. The zero-order chi connectivity index (χ0) is 21.0. The van der Waals surface area contributed by atoms with Crippen molar-refractivity contribution in [1.82, 2.24) is 5.32 Å². The van der Waals surface area contributed by atoms with Gasteiger partial charge in [-0.05, 0) is 84.5 Å². The van der Waals surface area contributed by atoms with Crippen LogP contribution in [0.2, 0.25) is 0 Å². The third kappa shape index (κ3) is 5.54. The molecule has 0 aliphatic carbocycles. The number of carbonyl (C=O) groups excluding carboxylic acids is 1. The molecule has 1 amide bonds. The maximum atomic E-state index is 12.4. The van der Waals surface area contributed by atoms with Gasteiger partial charge in [0.1, 0.15) is 0 Å². The van der Waals surface area contributed by atoms with Crippen LogP contribution < -0.4 is 14.8 Å². The SMILES string of the molecule is CCOc1c(I)cc(/C=C2\SC(=NCc3cc(C)cc(C)c3)NC2=O)cc1OC. The van der Waals surface area contributed by atoms with Gasteiger partial charge in [-0.25, -0.2) is 0 Å². The van der Waals surface area contributed by atoms with Crippen LogP contribution in [-0.4, -0.2) is 24.8 Å². The summed E-state index contributed by atoms with van der Waals surface area (Å²) in [5.74, 6) is 1.23. The molecule has 1 aliphatic heterocycles. The van der Waals surface area contributed by atoms with Crippen LogP contribution in [0.4, 0.5) is 0 Å². The summed E-state index contributed by atoms with van der Waals surface area (Å²) in [5.41, 5.74) is 4.43. The first-order valence-corrected chi connectivity index (χ1v) is 11.1. The van der Waals surface area contributed by atoms with E-state index in [2.05, 4.69) is 64.9 Å². The standard InChI is InChI=1S/C22H23IN2O3S/c1-5-28-20-17(23)9-15(10-18(20)27-4)11-19-21(26)25-22(29-19)24-12-16-7-13(2)6-14(3)8-16/h6-11H,5,12H2,1-4H3,(H,24,25,26)/b19-11-. The van der Waals surface area contributed by atoms with E-state index in [1.54, 1.807) is 7.11 Å². The van der Waals surface area contributed by atoms with Gasteiger partial charge in [-0.3, -0.25) is 9.79 Å². The van der Waals surface area contributed by atoms with Crippen LogP contribution in [-0.2, 0) is 11.3 Å². The number of carbonyl (C=O) groups is 1. The fourth-order valence-corrected chi connectivity index (χ4v) is 4.68. The van der Waals surface area contributed by atoms with Gasteiger partial charge in [-0.1, -0.05) is 29.3 Å². The Bertz CT molecular complexity index is 982. The number of hydrogen-bond acceptors (Lipinski definition) is 5. The fourth-order valence-electron chi connectivity index (χ4n) is 3.08. The molecule has 0 unspecified atom stereocenters. The second-order valence-corrected chi connectivity index (χ2v) is 8.84. The van der Waals surface area contributed by atoms with Crippen LogP contribution in [0.15, 0.2) is 40.2 Å². The van der Waals surface area contributed by atoms with E-state index >= 15 is 0 Å². The van der Waals surface area contributed by atoms with Gasteiger partial charge < -0.3 is 14.8 Å². The first-order valence-electron chi connectivity index (χ1n) is 9.22. The van der Waals surface area contributed by atoms with Gasteiger partial charge in [-0.15, -0.1) is 0 Å².